The molecule has 1 atom stereocenters. The number of nitrogens with zero attached hydrogens (tertiary/aromatic N) is 1. The van der Waals surface area contributed by atoms with E-state index in [2.05, 4.69) is 5.32 Å². The summed E-state index contributed by atoms with van der Waals surface area (Å²) in [6.45, 7) is 4.11. The standard InChI is InChI=1S/C13H18N2O3/c1-9-8-15(6-5-14-9)13(17)11-7-10(18-2)3-4-12(11)16/h3-4,7,9,14,16H,5-6,8H2,1-2H3/t9-/m0/s1. The Bertz CT molecular complexity index is 448. The van der Waals surface area contributed by atoms with Crippen LogP contribution in [0.2, 0.25) is 0 Å². The van der Waals surface area contributed by atoms with Gasteiger partial charge in [0.2, 0.25) is 0 Å². The molecule has 0 spiro atoms. The van der Waals surface area contributed by atoms with Gasteiger partial charge in [-0.3, -0.25) is 4.79 Å². The van der Waals surface area contributed by atoms with Gasteiger partial charge < -0.3 is 20.1 Å². The zero-order valence-corrected chi connectivity index (χ0v) is 10.6. The molecule has 1 amide bonds. The van der Waals surface area contributed by atoms with Crippen LogP contribution in [0.15, 0.2) is 18.2 Å². The van der Waals surface area contributed by atoms with Gasteiger partial charge in [-0.25, -0.2) is 0 Å². The Hall–Kier alpha value is -1.75. The van der Waals surface area contributed by atoms with Crippen LogP contribution in [0.5, 0.6) is 11.5 Å². The Morgan fingerprint density at radius 3 is 3.00 bits per heavy atom. The van der Waals surface area contributed by atoms with Crippen LogP contribution in [-0.2, 0) is 0 Å². The Labute approximate surface area is 106 Å². The number of piperazine rings is 1. The minimum Gasteiger partial charge on any atom is -0.507 e. The third kappa shape index (κ3) is 2.56. The second kappa shape index (κ2) is 5.27. The molecule has 0 aromatic heterocycles. The van der Waals surface area contributed by atoms with Crippen molar-refractivity contribution in [1.82, 2.24) is 10.2 Å². The van der Waals surface area contributed by atoms with Crippen molar-refractivity contribution >= 4 is 5.91 Å². The molecule has 1 aliphatic rings. The topological polar surface area (TPSA) is 61.8 Å². The smallest absolute Gasteiger partial charge is 0.257 e. The van der Waals surface area contributed by atoms with Crippen molar-refractivity contribution in [1.29, 1.82) is 0 Å². The first-order chi connectivity index (χ1) is 8.61. The fraction of sp³-hybridized carbons (Fsp3) is 0.462. The molecule has 18 heavy (non-hydrogen) atoms. The summed E-state index contributed by atoms with van der Waals surface area (Å²) in [5.41, 5.74) is 0.295. The van der Waals surface area contributed by atoms with Gasteiger partial charge in [0.25, 0.3) is 5.91 Å². The number of ether oxygens (including phenoxy) is 1. The number of phenols is 1. The van der Waals surface area contributed by atoms with Crippen LogP contribution in [0.25, 0.3) is 0 Å². The molecular formula is C13H18N2O3. The predicted molar refractivity (Wildman–Crippen MR) is 68.0 cm³/mol. The summed E-state index contributed by atoms with van der Waals surface area (Å²) in [7, 11) is 1.54. The molecule has 5 heteroatoms. The van der Waals surface area contributed by atoms with E-state index < -0.39 is 0 Å². The molecule has 1 aromatic rings. The van der Waals surface area contributed by atoms with E-state index in [-0.39, 0.29) is 17.7 Å². The van der Waals surface area contributed by atoms with Gasteiger partial charge in [-0.05, 0) is 25.1 Å². The van der Waals surface area contributed by atoms with Crippen LogP contribution >= 0.6 is 0 Å². The molecular weight excluding hydrogens is 232 g/mol. The number of methoxy groups -OCH3 is 1. The van der Waals surface area contributed by atoms with Crippen molar-refractivity contribution in [3.63, 3.8) is 0 Å². The lowest BCUT2D eigenvalue weighted by Crippen LogP contribution is -2.51. The number of carbonyl (C=O) groups is 1. The maximum Gasteiger partial charge on any atom is 0.257 e. The number of hydrogen-bond donors (Lipinski definition) is 2. The SMILES string of the molecule is COc1ccc(O)c(C(=O)N2CCN[C@@H](C)C2)c1. The summed E-state index contributed by atoms with van der Waals surface area (Å²) in [5, 5.41) is 13.1. The van der Waals surface area contributed by atoms with E-state index >= 15 is 0 Å². The van der Waals surface area contributed by atoms with E-state index in [0.717, 1.165) is 6.54 Å². The van der Waals surface area contributed by atoms with Gasteiger partial charge >= 0.3 is 0 Å². The van der Waals surface area contributed by atoms with E-state index in [1.807, 2.05) is 6.92 Å². The normalized spacial score (nSPS) is 19.7. The van der Waals surface area contributed by atoms with Crippen LogP contribution in [0.4, 0.5) is 0 Å². The number of amides is 1. The monoisotopic (exact) mass is 250 g/mol. The van der Waals surface area contributed by atoms with E-state index in [9.17, 15) is 9.90 Å². The molecule has 98 valence electrons. The van der Waals surface area contributed by atoms with Gasteiger partial charge in [0.1, 0.15) is 11.5 Å². The molecule has 5 nitrogen and oxygen atoms in total. The van der Waals surface area contributed by atoms with Crippen molar-refractivity contribution in [3.8, 4) is 11.5 Å². The number of rotatable bonds is 2. The van der Waals surface area contributed by atoms with Crippen molar-refractivity contribution in [3.05, 3.63) is 23.8 Å². The van der Waals surface area contributed by atoms with Gasteiger partial charge in [0, 0.05) is 25.7 Å². The third-order valence-corrected chi connectivity index (χ3v) is 3.09. The zero-order chi connectivity index (χ0) is 13.1. The number of phenolic OH excluding ortho intramolecular Hbond substituents is 1. The number of benzene rings is 1. The molecule has 0 saturated carbocycles. The summed E-state index contributed by atoms with van der Waals surface area (Å²) < 4.78 is 5.07. The first kappa shape index (κ1) is 12.7. The minimum atomic E-state index is -0.153. The summed E-state index contributed by atoms with van der Waals surface area (Å²) >= 11 is 0. The molecule has 2 N–H and O–H groups in total. The van der Waals surface area contributed by atoms with Crippen LogP contribution in [0, 0.1) is 0 Å². The fourth-order valence-corrected chi connectivity index (χ4v) is 2.10. The van der Waals surface area contributed by atoms with Crippen molar-refractivity contribution in [2.75, 3.05) is 26.7 Å². The summed E-state index contributed by atoms with van der Waals surface area (Å²) in [6.07, 6.45) is 0. The van der Waals surface area contributed by atoms with Crippen LogP contribution in [0.3, 0.4) is 0 Å². The average molecular weight is 250 g/mol. The maximum absolute atomic E-state index is 12.3. The molecule has 0 bridgehead atoms. The first-order valence-corrected chi connectivity index (χ1v) is 6.01. The largest absolute Gasteiger partial charge is 0.507 e. The highest BCUT2D eigenvalue weighted by Gasteiger charge is 2.23. The molecule has 0 radical (unpaired) electrons. The highest BCUT2D eigenvalue weighted by Crippen LogP contribution is 2.24. The lowest BCUT2D eigenvalue weighted by molar-refractivity contribution is 0.0705. The van der Waals surface area contributed by atoms with E-state index in [0.29, 0.717) is 24.4 Å². The summed E-state index contributed by atoms with van der Waals surface area (Å²) in [6, 6.07) is 4.96. The highest BCUT2D eigenvalue weighted by molar-refractivity contribution is 5.97. The zero-order valence-electron chi connectivity index (χ0n) is 10.6. The number of carbonyl (C=O) groups excluding carboxylic acids is 1. The van der Waals surface area contributed by atoms with Crippen molar-refractivity contribution < 1.29 is 14.6 Å². The second-order valence-electron chi connectivity index (χ2n) is 4.49. The Morgan fingerprint density at radius 2 is 2.33 bits per heavy atom. The predicted octanol–water partition coefficient (Wildman–Crippen LogP) is 0.835. The Kier molecular flexibility index (Phi) is 3.72. The maximum atomic E-state index is 12.3. The van der Waals surface area contributed by atoms with Crippen molar-refractivity contribution in [2.24, 2.45) is 0 Å². The van der Waals surface area contributed by atoms with Gasteiger partial charge in [-0.1, -0.05) is 0 Å². The van der Waals surface area contributed by atoms with Gasteiger partial charge in [0.05, 0.1) is 12.7 Å². The Morgan fingerprint density at radius 1 is 1.56 bits per heavy atom. The molecule has 1 aliphatic heterocycles. The lowest BCUT2D eigenvalue weighted by atomic mass is 10.1. The molecule has 2 rings (SSSR count). The highest BCUT2D eigenvalue weighted by atomic mass is 16.5. The van der Waals surface area contributed by atoms with Gasteiger partial charge in [-0.2, -0.15) is 0 Å². The van der Waals surface area contributed by atoms with Crippen LogP contribution in [0.1, 0.15) is 17.3 Å². The van der Waals surface area contributed by atoms with Crippen LogP contribution in [-0.4, -0.2) is 48.7 Å². The van der Waals surface area contributed by atoms with Gasteiger partial charge in [0.15, 0.2) is 0 Å². The molecule has 1 aromatic carbocycles. The molecule has 0 aliphatic carbocycles. The Balaban J connectivity index is 2.22. The molecule has 1 heterocycles. The molecule has 0 unspecified atom stereocenters. The third-order valence-electron chi connectivity index (χ3n) is 3.09. The number of nitrogens with one attached hydrogen (secondary N) is 1. The number of aromatic hydroxyl groups is 1. The lowest BCUT2D eigenvalue weighted by Gasteiger charge is -2.32. The fourth-order valence-electron chi connectivity index (χ4n) is 2.10. The molecule has 1 fully saturated rings. The van der Waals surface area contributed by atoms with Crippen LogP contribution < -0.4 is 10.1 Å². The minimum absolute atomic E-state index is 0.00742. The quantitative estimate of drug-likeness (QED) is 0.816. The molecule has 1 saturated heterocycles. The van der Waals surface area contributed by atoms with Gasteiger partial charge in [-0.15, -0.1) is 0 Å². The average Bonchev–Trinajstić information content (AvgIpc) is 2.38. The number of hydrogen-bond acceptors (Lipinski definition) is 4. The first-order valence-electron chi connectivity index (χ1n) is 6.01. The summed E-state index contributed by atoms with van der Waals surface area (Å²) in [5.74, 6) is 0.408. The van der Waals surface area contributed by atoms with E-state index in [1.165, 1.54) is 13.2 Å². The van der Waals surface area contributed by atoms with E-state index in [1.54, 1.807) is 17.0 Å². The van der Waals surface area contributed by atoms with Crippen molar-refractivity contribution in [2.45, 2.75) is 13.0 Å². The van der Waals surface area contributed by atoms with E-state index in [4.69, 9.17) is 4.74 Å². The second-order valence-corrected chi connectivity index (χ2v) is 4.49. The summed E-state index contributed by atoms with van der Waals surface area (Å²) in [4.78, 5) is 14.1.